The van der Waals surface area contributed by atoms with Gasteiger partial charge in [-0.3, -0.25) is 5.32 Å². The number of ether oxygens (including phenoxy) is 2. The van der Waals surface area contributed by atoms with Crippen LogP contribution in [0, 0.1) is 0 Å². The Morgan fingerprint density at radius 2 is 1.72 bits per heavy atom. The third kappa shape index (κ3) is 2.39. The van der Waals surface area contributed by atoms with Crippen LogP contribution in [0.3, 0.4) is 0 Å². The molecule has 0 bridgehead atoms. The van der Waals surface area contributed by atoms with Gasteiger partial charge >= 0.3 is 0 Å². The minimum Gasteiger partial charge on any atom is -0.378 e. The summed E-state index contributed by atoms with van der Waals surface area (Å²) in [6.45, 7) is 3.41. The first kappa shape index (κ1) is 12.7. The van der Waals surface area contributed by atoms with E-state index in [9.17, 15) is 8.78 Å². The Bertz CT molecular complexity index is 297. The first-order valence-electron chi connectivity index (χ1n) is 6.63. The van der Waals surface area contributed by atoms with Gasteiger partial charge in [0.05, 0.1) is 25.4 Å². The molecule has 2 heterocycles. The zero-order valence-electron chi connectivity index (χ0n) is 10.4. The van der Waals surface area contributed by atoms with Crippen molar-refractivity contribution in [3.05, 3.63) is 0 Å². The molecule has 3 rings (SSSR count). The van der Waals surface area contributed by atoms with Gasteiger partial charge in [-0.15, -0.1) is 0 Å². The second-order valence-corrected chi connectivity index (χ2v) is 5.75. The fourth-order valence-corrected chi connectivity index (χ4v) is 2.96. The van der Waals surface area contributed by atoms with E-state index >= 15 is 0 Å². The molecule has 1 atom stereocenters. The van der Waals surface area contributed by atoms with Gasteiger partial charge in [0, 0.05) is 25.9 Å². The number of rotatable bonds is 0. The molecule has 2 spiro atoms. The van der Waals surface area contributed by atoms with Crippen LogP contribution in [0.4, 0.5) is 8.78 Å². The lowest BCUT2D eigenvalue weighted by molar-refractivity contribution is -0.191. The molecule has 18 heavy (non-hydrogen) atoms. The summed E-state index contributed by atoms with van der Waals surface area (Å²) in [5, 5.41) is 6.75. The highest BCUT2D eigenvalue weighted by molar-refractivity contribution is 5.01. The highest BCUT2D eigenvalue weighted by Gasteiger charge is 2.49. The molecule has 0 amide bonds. The molecule has 2 aliphatic heterocycles. The average Bonchev–Trinajstić information content (AvgIpc) is 2.38. The van der Waals surface area contributed by atoms with Gasteiger partial charge < -0.3 is 14.8 Å². The predicted octanol–water partition coefficient (Wildman–Crippen LogP) is 0.870. The lowest BCUT2D eigenvalue weighted by Crippen LogP contribution is -2.71. The molecule has 6 heteroatoms. The lowest BCUT2D eigenvalue weighted by atomic mass is 9.86. The van der Waals surface area contributed by atoms with Crippen LogP contribution in [0.25, 0.3) is 0 Å². The Kier molecular flexibility index (Phi) is 3.09. The van der Waals surface area contributed by atoms with E-state index in [-0.39, 0.29) is 18.4 Å². The minimum atomic E-state index is -2.52. The molecule has 0 radical (unpaired) electrons. The highest BCUT2D eigenvalue weighted by Crippen LogP contribution is 2.40. The van der Waals surface area contributed by atoms with Crippen molar-refractivity contribution in [2.24, 2.45) is 0 Å². The standard InChI is InChI=1S/C12H20F2N2O2/c13-11(14)1-3-12(4-2-11)16-7-10(9-18-12)8-17-6-5-15-10/h15-16H,1-9H2. The number of hydrogen-bond donors (Lipinski definition) is 2. The highest BCUT2D eigenvalue weighted by atomic mass is 19.3. The van der Waals surface area contributed by atoms with E-state index in [2.05, 4.69) is 10.6 Å². The molecule has 2 saturated heterocycles. The fraction of sp³-hybridized carbons (Fsp3) is 1.00. The summed E-state index contributed by atoms with van der Waals surface area (Å²) in [5.74, 6) is -2.52. The molecule has 1 aliphatic carbocycles. The van der Waals surface area contributed by atoms with E-state index in [0.717, 1.165) is 19.7 Å². The molecule has 3 fully saturated rings. The minimum absolute atomic E-state index is 0.0864. The third-order valence-corrected chi connectivity index (χ3v) is 4.29. The Balaban J connectivity index is 1.59. The molecule has 104 valence electrons. The molecular formula is C12H20F2N2O2. The zero-order valence-corrected chi connectivity index (χ0v) is 10.4. The monoisotopic (exact) mass is 262 g/mol. The first-order valence-corrected chi connectivity index (χ1v) is 6.63. The molecule has 1 saturated carbocycles. The van der Waals surface area contributed by atoms with Crippen molar-refractivity contribution in [2.45, 2.75) is 42.9 Å². The van der Waals surface area contributed by atoms with Crippen LogP contribution in [-0.2, 0) is 9.47 Å². The lowest BCUT2D eigenvalue weighted by Gasteiger charge is -2.50. The van der Waals surface area contributed by atoms with Gasteiger partial charge in [0.15, 0.2) is 0 Å². The van der Waals surface area contributed by atoms with Gasteiger partial charge in [-0.25, -0.2) is 8.78 Å². The van der Waals surface area contributed by atoms with Crippen LogP contribution < -0.4 is 10.6 Å². The smallest absolute Gasteiger partial charge is 0.248 e. The largest absolute Gasteiger partial charge is 0.378 e. The van der Waals surface area contributed by atoms with Crippen molar-refractivity contribution in [3.8, 4) is 0 Å². The van der Waals surface area contributed by atoms with E-state index < -0.39 is 11.6 Å². The Labute approximate surface area is 105 Å². The summed E-state index contributed by atoms with van der Waals surface area (Å²) in [4.78, 5) is 0. The summed E-state index contributed by atoms with van der Waals surface area (Å²) in [7, 11) is 0. The molecule has 1 unspecified atom stereocenters. The van der Waals surface area contributed by atoms with E-state index in [1.54, 1.807) is 0 Å². The maximum Gasteiger partial charge on any atom is 0.248 e. The number of alkyl halides is 2. The molecule has 2 N–H and O–H groups in total. The van der Waals surface area contributed by atoms with Gasteiger partial charge in [-0.05, 0) is 12.8 Å². The topological polar surface area (TPSA) is 42.5 Å². The van der Waals surface area contributed by atoms with Crippen molar-refractivity contribution in [3.63, 3.8) is 0 Å². The normalized spacial score (nSPS) is 39.0. The SMILES string of the molecule is FC1(F)CCC2(CC1)NCC1(COCCN1)CO2. The summed E-state index contributed by atoms with van der Waals surface area (Å²) in [6, 6.07) is 0. The third-order valence-electron chi connectivity index (χ3n) is 4.29. The van der Waals surface area contributed by atoms with Crippen molar-refractivity contribution < 1.29 is 18.3 Å². The van der Waals surface area contributed by atoms with Gasteiger partial charge in [0.2, 0.25) is 5.92 Å². The van der Waals surface area contributed by atoms with Crippen LogP contribution in [0.1, 0.15) is 25.7 Å². The second kappa shape index (κ2) is 4.37. The van der Waals surface area contributed by atoms with Crippen LogP contribution >= 0.6 is 0 Å². The summed E-state index contributed by atoms with van der Waals surface area (Å²) >= 11 is 0. The van der Waals surface area contributed by atoms with Gasteiger partial charge in [0.25, 0.3) is 0 Å². The number of halogens is 2. The van der Waals surface area contributed by atoms with Gasteiger partial charge in [-0.2, -0.15) is 0 Å². The number of nitrogens with one attached hydrogen (secondary N) is 2. The molecule has 3 aliphatic rings. The summed E-state index contributed by atoms with van der Waals surface area (Å²) in [5.41, 5.74) is -0.713. The maximum absolute atomic E-state index is 13.2. The van der Waals surface area contributed by atoms with E-state index in [1.807, 2.05) is 0 Å². The maximum atomic E-state index is 13.2. The summed E-state index contributed by atoms with van der Waals surface area (Å²) in [6.07, 6.45) is 0.599. The van der Waals surface area contributed by atoms with Crippen LogP contribution in [-0.4, -0.2) is 50.1 Å². The molecule has 4 nitrogen and oxygen atoms in total. The Morgan fingerprint density at radius 1 is 0.944 bits per heavy atom. The Morgan fingerprint density at radius 3 is 2.28 bits per heavy atom. The van der Waals surface area contributed by atoms with Crippen molar-refractivity contribution in [1.29, 1.82) is 0 Å². The quantitative estimate of drug-likeness (QED) is 0.680. The average molecular weight is 262 g/mol. The number of morpholine rings is 1. The van der Waals surface area contributed by atoms with Crippen LogP contribution in [0.2, 0.25) is 0 Å². The van der Waals surface area contributed by atoms with Crippen molar-refractivity contribution in [2.75, 3.05) is 32.9 Å². The van der Waals surface area contributed by atoms with E-state index in [0.29, 0.717) is 26.1 Å². The zero-order chi connectivity index (χ0) is 12.7. The molecular weight excluding hydrogens is 242 g/mol. The van der Waals surface area contributed by atoms with Gasteiger partial charge in [-0.1, -0.05) is 0 Å². The van der Waals surface area contributed by atoms with E-state index in [4.69, 9.17) is 9.47 Å². The fourth-order valence-electron chi connectivity index (χ4n) is 2.96. The predicted molar refractivity (Wildman–Crippen MR) is 61.7 cm³/mol. The van der Waals surface area contributed by atoms with E-state index in [1.165, 1.54) is 0 Å². The van der Waals surface area contributed by atoms with Crippen molar-refractivity contribution in [1.82, 2.24) is 10.6 Å². The second-order valence-electron chi connectivity index (χ2n) is 5.75. The summed E-state index contributed by atoms with van der Waals surface area (Å²) < 4.78 is 37.7. The van der Waals surface area contributed by atoms with Crippen LogP contribution in [0.5, 0.6) is 0 Å². The van der Waals surface area contributed by atoms with Crippen LogP contribution in [0.15, 0.2) is 0 Å². The molecule has 0 aromatic rings. The molecule has 0 aromatic carbocycles. The van der Waals surface area contributed by atoms with Crippen molar-refractivity contribution >= 4 is 0 Å². The molecule has 0 aromatic heterocycles. The number of hydrogen-bond acceptors (Lipinski definition) is 4. The Hall–Kier alpha value is -0.300. The van der Waals surface area contributed by atoms with Gasteiger partial charge in [0.1, 0.15) is 5.72 Å². The first-order chi connectivity index (χ1) is 8.54.